The zero-order chi connectivity index (χ0) is 20.9. The third kappa shape index (κ3) is 4.90. The molecule has 0 N–H and O–H groups in total. The minimum absolute atomic E-state index is 0.0611. The summed E-state index contributed by atoms with van der Waals surface area (Å²) < 4.78 is 0. The van der Waals surface area contributed by atoms with Crippen LogP contribution in [0.4, 0.5) is 0 Å². The van der Waals surface area contributed by atoms with Crippen LogP contribution in [0.3, 0.4) is 0 Å². The number of carbonyl (C=O) groups excluding carboxylic acids is 2. The van der Waals surface area contributed by atoms with Crippen LogP contribution in [0.25, 0.3) is 0 Å². The molecule has 4 rings (SSSR count). The molecular weight excluding hydrogens is 396 g/mol. The molecule has 1 atom stereocenters. The SMILES string of the molecule is CCc1nc(CN2CCN(C(=O)C3CCCN3C(=O)Cc3ccccc3)CC2)cs1. The van der Waals surface area contributed by atoms with E-state index in [9.17, 15) is 9.59 Å². The zero-order valence-corrected chi connectivity index (χ0v) is 18.4. The number of likely N-dealkylation sites (tertiary alicyclic amines) is 1. The molecule has 1 aromatic heterocycles. The molecule has 7 heteroatoms. The van der Waals surface area contributed by atoms with Crippen molar-refractivity contribution in [2.24, 2.45) is 0 Å². The average Bonchev–Trinajstić information content (AvgIpc) is 3.44. The Balaban J connectivity index is 1.30. The molecule has 2 aromatic rings. The van der Waals surface area contributed by atoms with E-state index < -0.39 is 0 Å². The Hall–Kier alpha value is -2.25. The number of hydrogen-bond acceptors (Lipinski definition) is 5. The second kappa shape index (κ2) is 9.71. The number of thiazole rings is 1. The molecule has 30 heavy (non-hydrogen) atoms. The molecule has 2 fully saturated rings. The van der Waals surface area contributed by atoms with E-state index in [0.29, 0.717) is 13.0 Å². The minimum Gasteiger partial charge on any atom is -0.338 e. The van der Waals surface area contributed by atoms with Gasteiger partial charge in [0.25, 0.3) is 0 Å². The summed E-state index contributed by atoms with van der Waals surface area (Å²) in [6.45, 7) is 6.83. The normalized spacial score (nSPS) is 20.0. The Labute approximate surface area is 182 Å². The second-order valence-electron chi connectivity index (χ2n) is 8.10. The summed E-state index contributed by atoms with van der Waals surface area (Å²) in [4.78, 5) is 36.8. The number of benzene rings is 1. The van der Waals surface area contributed by atoms with Gasteiger partial charge >= 0.3 is 0 Å². The minimum atomic E-state index is -0.293. The molecule has 1 unspecified atom stereocenters. The lowest BCUT2D eigenvalue weighted by molar-refractivity contribution is -0.144. The van der Waals surface area contributed by atoms with Gasteiger partial charge in [0.1, 0.15) is 6.04 Å². The van der Waals surface area contributed by atoms with E-state index in [2.05, 4.69) is 22.2 Å². The third-order valence-corrected chi connectivity index (χ3v) is 7.07. The molecule has 2 amide bonds. The molecule has 0 spiro atoms. The molecule has 0 aliphatic carbocycles. The zero-order valence-electron chi connectivity index (χ0n) is 17.6. The van der Waals surface area contributed by atoms with Crippen LogP contribution in [0.15, 0.2) is 35.7 Å². The first-order valence-corrected chi connectivity index (χ1v) is 11.8. The molecule has 1 aromatic carbocycles. The number of nitrogens with zero attached hydrogens (tertiary/aromatic N) is 4. The van der Waals surface area contributed by atoms with E-state index in [1.807, 2.05) is 40.1 Å². The summed E-state index contributed by atoms with van der Waals surface area (Å²) in [5.41, 5.74) is 2.13. The summed E-state index contributed by atoms with van der Waals surface area (Å²) in [7, 11) is 0. The molecule has 2 aliphatic rings. The van der Waals surface area contributed by atoms with Gasteiger partial charge in [-0.05, 0) is 24.8 Å². The summed E-state index contributed by atoms with van der Waals surface area (Å²) in [5.74, 6) is 0.182. The molecule has 0 bridgehead atoms. The first-order valence-electron chi connectivity index (χ1n) is 10.9. The topological polar surface area (TPSA) is 56.8 Å². The van der Waals surface area contributed by atoms with Crippen LogP contribution < -0.4 is 0 Å². The fourth-order valence-electron chi connectivity index (χ4n) is 4.34. The number of aryl methyl sites for hydroxylation is 1. The monoisotopic (exact) mass is 426 g/mol. The Morgan fingerprint density at radius 3 is 2.57 bits per heavy atom. The van der Waals surface area contributed by atoms with Crippen molar-refractivity contribution in [3.8, 4) is 0 Å². The van der Waals surface area contributed by atoms with E-state index >= 15 is 0 Å². The largest absolute Gasteiger partial charge is 0.338 e. The van der Waals surface area contributed by atoms with E-state index in [1.165, 1.54) is 5.01 Å². The molecule has 0 saturated carbocycles. The number of rotatable bonds is 6. The molecule has 6 nitrogen and oxygen atoms in total. The second-order valence-corrected chi connectivity index (χ2v) is 9.04. The first-order chi connectivity index (χ1) is 14.6. The van der Waals surface area contributed by atoms with Crippen molar-refractivity contribution in [2.75, 3.05) is 32.7 Å². The average molecular weight is 427 g/mol. The number of amides is 2. The highest BCUT2D eigenvalue weighted by Gasteiger charge is 2.37. The summed E-state index contributed by atoms with van der Waals surface area (Å²) in [6.07, 6.45) is 3.03. The maximum absolute atomic E-state index is 13.2. The van der Waals surface area contributed by atoms with Crippen molar-refractivity contribution in [1.29, 1.82) is 0 Å². The predicted octanol–water partition coefficient (Wildman–Crippen LogP) is 2.58. The van der Waals surface area contributed by atoms with Gasteiger partial charge in [0, 0.05) is 44.6 Å². The van der Waals surface area contributed by atoms with Crippen LogP contribution in [0.1, 0.15) is 36.0 Å². The maximum atomic E-state index is 13.2. The van der Waals surface area contributed by atoms with Crippen LogP contribution in [0.5, 0.6) is 0 Å². The highest BCUT2D eigenvalue weighted by Crippen LogP contribution is 2.22. The van der Waals surface area contributed by atoms with E-state index in [1.54, 1.807) is 11.3 Å². The van der Waals surface area contributed by atoms with Crippen molar-refractivity contribution in [3.63, 3.8) is 0 Å². The standard InChI is InChI=1S/C23H30N4O2S/c1-2-21-24-19(17-30-21)16-25-11-13-26(14-12-25)23(29)20-9-6-10-27(20)22(28)15-18-7-4-3-5-8-18/h3-5,7-8,17,20H,2,6,9-16H2,1H3. The van der Waals surface area contributed by atoms with Gasteiger partial charge in [-0.1, -0.05) is 37.3 Å². The molecule has 160 valence electrons. The van der Waals surface area contributed by atoms with Crippen LogP contribution in [0.2, 0.25) is 0 Å². The van der Waals surface area contributed by atoms with Gasteiger partial charge in [-0.15, -0.1) is 11.3 Å². The van der Waals surface area contributed by atoms with Gasteiger partial charge in [0.15, 0.2) is 0 Å². The van der Waals surface area contributed by atoms with E-state index in [4.69, 9.17) is 0 Å². The highest BCUT2D eigenvalue weighted by atomic mass is 32.1. The van der Waals surface area contributed by atoms with Gasteiger partial charge in [-0.2, -0.15) is 0 Å². The molecule has 2 saturated heterocycles. The number of carbonyl (C=O) groups is 2. The quantitative estimate of drug-likeness (QED) is 0.713. The van der Waals surface area contributed by atoms with Gasteiger partial charge in [0.05, 0.1) is 17.1 Å². The lowest BCUT2D eigenvalue weighted by Crippen LogP contribution is -2.54. The third-order valence-electron chi connectivity index (χ3n) is 6.03. The highest BCUT2D eigenvalue weighted by molar-refractivity contribution is 7.09. The summed E-state index contributed by atoms with van der Waals surface area (Å²) in [5, 5.41) is 3.32. The van der Waals surface area contributed by atoms with Crippen molar-refractivity contribution >= 4 is 23.2 Å². The fraction of sp³-hybridized carbons (Fsp3) is 0.522. The number of piperazine rings is 1. The van der Waals surface area contributed by atoms with Crippen molar-refractivity contribution in [3.05, 3.63) is 52.0 Å². The summed E-state index contributed by atoms with van der Waals surface area (Å²) >= 11 is 1.72. The lowest BCUT2D eigenvalue weighted by Gasteiger charge is -2.37. The molecule has 3 heterocycles. The van der Waals surface area contributed by atoms with E-state index in [-0.39, 0.29) is 17.9 Å². The lowest BCUT2D eigenvalue weighted by atomic mass is 10.1. The van der Waals surface area contributed by atoms with Crippen molar-refractivity contribution < 1.29 is 9.59 Å². The Morgan fingerprint density at radius 2 is 1.87 bits per heavy atom. The maximum Gasteiger partial charge on any atom is 0.245 e. The smallest absolute Gasteiger partial charge is 0.245 e. The molecule has 2 aliphatic heterocycles. The predicted molar refractivity (Wildman–Crippen MR) is 118 cm³/mol. The van der Waals surface area contributed by atoms with Gasteiger partial charge < -0.3 is 9.80 Å². The fourth-order valence-corrected chi connectivity index (χ4v) is 5.08. The number of aromatic nitrogens is 1. The van der Waals surface area contributed by atoms with Gasteiger partial charge in [0.2, 0.25) is 11.8 Å². The summed E-state index contributed by atoms with van der Waals surface area (Å²) in [6, 6.07) is 9.49. The van der Waals surface area contributed by atoms with Crippen LogP contribution in [-0.2, 0) is 29.0 Å². The first kappa shape index (κ1) is 21.0. The van der Waals surface area contributed by atoms with Gasteiger partial charge in [-0.3, -0.25) is 14.5 Å². The van der Waals surface area contributed by atoms with Crippen LogP contribution in [-0.4, -0.2) is 70.3 Å². The molecular formula is C23H30N4O2S. The van der Waals surface area contributed by atoms with Crippen LogP contribution in [0, 0.1) is 0 Å². The Bertz CT molecular complexity index is 861. The van der Waals surface area contributed by atoms with Crippen LogP contribution >= 0.6 is 11.3 Å². The molecule has 0 radical (unpaired) electrons. The van der Waals surface area contributed by atoms with Crippen molar-refractivity contribution in [1.82, 2.24) is 19.7 Å². The van der Waals surface area contributed by atoms with E-state index in [0.717, 1.165) is 63.2 Å². The Morgan fingerprint density at radius 1 is 1.10 bits per heavy atom. The van der Waals surface area contributed by atoms with Gasteiger partial charge in [-0.25, -0.2) is 4.98 Å². The Kier molecular flexibility index (Phi) is 6.79. The van der Waals surface area contributed by atoms with Crippen molar-refractivity contribution in [2.45, 2.75) is 45.2 Å². The number of hydrogen-bond donors (Lipinski definition) is 0.